The van der Waals surface area contributed by atoms with Crippen LogP contribution in [0.3, 0.4) is 0 Å². The first-order chi connectivity index (χ1) is 8.95. The van der Waals surface area contributed by atoms with Gasteiger partial charge in [0.1, 0.15) is 0 Å². The summed E-state index contributed by atoms with van der Waals surface area (Å²) < 4.78 is 32.3. The molecule has 0 spiro atoms. The van der Waals surface area contributed by atoms with Gasteiger partial charge in [-0.05, 0) is 38.5 Å². The number of carbonyl (C=O) groups excluding carboxylic acids is 1. The number of carbonyl (C=O) groups is 1. The molecule has 2 rings (SSSR count). The smallest absolute Gasteiger partial charge is 0.310 e. The molecule has 19 heavy (non-hydrogen) atoms. The molecule has 3 atom stereocenters. The van der Waals surface area contributed by atoms with Gasteiger partial charge in [-0.25, -0.2) is 13.1 Å². The highest BCUT2D eigenvalue weighted by atomic mass is 32.2. The highest BCUT2D eigenvalue weighted by molar-refractivity contribution is 7.90. The molecule has 0 radical (unpaired) electrons. The van der Waals surface area contributed by atoms with Crippen LogP contribution >= 0.6 is 0 Å². The van der Waals surface area contributed by atoms with E-state index in [-0.39, 0.29) is 6.04 Å². The Morgan fingerprint density at radius 3 is 2.37 bits per heavy atom. The van der Waals surface area contributed by atoms with Crippen molar-refractivity contribution in [2.75, 3.05) is 7.11 Å². The molecule has 0 amide bonds. The molecule has 2 aliphatic rings. The number of hydrogen-bond acceptors (Lipinski definition) is 4. The molecular formula is C13H23NO4S. The molecular weight excluding hydrogens is 266 g/mol. The van der Waals surface area contributed by atoms with Crippen LogP contribution in [0.4, 0.5) is 0 Å². The van der Waals surface area contributed by atoms with E-state index in [0.29, 0.717) is 18.8 Å². The van der Waals surface area contributed by atoms with Gasteiger partial charge in [0.2, 0.25) is 10.0 Å². The fourth-order valence-corrected chi connectivity index (χ4v) is 5.14. The lowest BCUT2D eigenvalue weighted by Gasteiger charge is -2.32. The quantitative estimate of drug-likeness (QED) is 0.777. The van der Waals surface area contributed by atoms with E-state index in [1.807, 2.05) is 6.92 Å². The summed E-state index contributed by atoms with van der Waals surface area (Å²) in [5.74, 6) is -0.451. The van der Waals surface area contributed by atoms with Crippen LogP contribution in [0.5, 0.6) is 0 Å². The third kappa shape index (κ3) is 3.11. The van der Waals surface area contributed by atoms with Crippen LogP contribution in [-0.4, -0.2) is 32.8 Å². The van der Waals surface area contributed by atoms with E-state index in [1.54, 1.807) is 0 Å². The van der Waals surface area contributed by atoms with Crippen molar-refractivity contribution in [1.82, 2.24) is 4.72 Å². The van der Waals surface area contributed by atoms with E-state index >= 15 is 0 Å². The Balaban J connectivity index is 2.03. The number of sulfonamides is 1. The third-order valence-corrected chi connectivity index (χ3v) is 6.62. The fraction of sp³-hybridized carbons (Fsp3) is 0.923. The molecule has 0 heterocycles. The van der Waals surface area contributed by atoms with Gasteiger partial charge in [0, 0.05) is 6.04 Å². The highest BCUT2D eigenvalue weighted by Crippen LogP contribution is 2.34. The fourth-order valence-electron chi connectivity index (χ4n) is 3.10. The molecule has 0 aliphatic heterocycles. The lowest BCUT2D eigenvalue weighted by atomic mass is 9.81. The monoisotopic (exact) mass is 289 g/mol. The predicted molar refractivity (Wildman–Crippen MR) is 72.0 cm³/mol. The lowest BCUT2D eigenvalue weighted by molar-refractivity contribution is -0.145. The second kappa shape index (κ2) is 5.79. The number of methoxy groups -OCH3 is 1. The van der Waals surface area contributed by atoms with Crippen molar-refractivity contribution in [3.05, 3.63) is 0 Å². The molecule has 2 fully saturated rings. The maximum absolute atomic E-state index is 12.4. The van der Waals surface area contributed by atoms with Gasteiger partial charge >= 0.3 is 5.97 Å². The van der Waals surface area contributed by atoms with Crippen LogP contribution in [-0.2, 0) is 19.6 Å². The van der Waals surface area contributed by atoms with Crippen LogP contribution in [0.15, 0.2) is 0 Å². The van der Waals surface area contributed by atoms with Crippen LogP contribution in [0.25, 0.3) is 0 Å². The Morgan fingerprint density at radius 1 is 1.21 bits per heavy atom. The SMILES string of the molecule is COC(=O)C1CCCC1S(=O)(=O)NC(C)C1CCC1. The first-order valence-corrected chi connectivity index (χ1v) is 8.59. The van der Waals surface area contributed by atoms with E-state index < -0.39 is 27.2 Å². The number of rotatable bonds is 5. The number of ether oxygens (including phenoxy) is 1. The zero-order valence-electron chi connectivity index (χ0n) is 11.6. The van der Waals surface area contributed by atoms with Gasteiger partial charge in [0.15, 0.2) is 0 Å². The first-order valence-electron chi connectivity index (χ1n) is 7.04. The van der Waals surface area contributed by atoms with Crippen LogP contribution < -0.4 is 4.72 Å². The largest absolute Gasteiger partial charge is 0.469 e. The molecule has 1 N–H and O–H groups in total. The van der Waals surface area contributed by atoms with E-state index in [9.17, 15) is 13.2 Å². The second-order valence-electron chi connectivity index (χ2n) is 5.74. The number of esters is 1. The number of hydrogen-bond donors (Lipinski definition) is 1. The van der Waals surface area contributed by atoms with Gasteiger partial charge in [-0.15, -0.1) is 0 Å². The van der Waals surface area contributed by atoms with Crippen molar-refractivity contribution in [2.45, 2.75) is 56.7 Å². The molecule has 5 nitrogen and oxygen atoms in total. The Hall–Kier alpha value is -0.620. The second-order valence-corrected chi connectivity index (χ2v) is 7.67. The Bertz CT molecular complexity index is 430. The van der Waals surface area contributed by atoms with Gasteiger partial charge in [-0.3, -0.25) is 4.79 Å². The standard InChI is InChI=1S/C13H23NO4S/c1-9(10-5-3-6-10)14-19(16,17)12-8-4-7-11(12)13(15)18-2/h9-12,14H,3-8H2,1-2H3. The zero-order chi connectivity index (χ0) is 14.0. The van der Waals surface area contributed by atoms with Crippen molar-refractivity contribution >= 4 is 16.0 Å². The molecule has 0 aromatic carbocycles. The van der Waals surface area contributed by atoms with Crippen molar-refractivity contribution < 1.29 is 17.9 Å². The Kier molecular flexibility index (Phi) is 4.50. The van der Waals surface area contributed by atoms with Crippen molar-refractivity contribution in [3.8, 4) is 0 Å². The van der Waals surface area contributed by atoms with Gasteiger partial charge in [-0.2, -0.15) is 0 Å². The molecule has 3 unspecified atom stereocenters. The van der Waals surface area contributed by atoms with Gasteiger partial charge in [0.25, 0.3) is 0 Å². The molecule has 0 aromatic heterocycles. The van der Waals surface area contributed by atoms with Crippen LogP contribution in [0.1, 0.15) is 45.4 Å². The summed E-state index contributed by atoms with van der Waals surface area (Å²) in [5, 5.41) is -0.623. The van der Waals surface area contributed by atoms with Crippen LogP contribution in [0, 0.1) is 11.8 Å². The normalized spacial score (nSPS) is 29.8. The Labute approximate surface area is 115 Å². The van der Waals surface area contributed by atoms with Gasteiger partial charge < -0.3 is 4.74 Å². The minimum Gasteiger partial charge on any atom is -0.469 e. The summed E-state index contributed by atoms with van der Waals surface area (Å²) in [5.41, 5.74) is 0. The van der Waals surface area contributed by atoms with Gasteiger partial charge in [-0.1, -0.05) is 12.8 Å². The average Bonchev–Trinajstić information content (AvgIpc) is 2.74. The Morgan fingerprint density at radius 2 is 1.84 bits per heavy atom. The summed E-state index contributed by atoms with van der Waals surface area (Å²) in [6.07, 6.45) is 5.29. The minimum atomic E-state index is -3.44. The molecule has 0 bridgehead atoms. The predicted octanol–water partition coefficient (Wildman–Crippen LogP) is 1.44. The molecule has 0 saturated heterocycles. The molecule has 6 heteroatoms. The average molecular weight is 289 g/mol. The minimum absolute atomic E-state index is 0.0300. The number of nitrogens with one attached hydrogen (secondary N) is 1. The summed E-state index contributed by atoms with van der Waals surface area (Å²) in [6.45, 7) is 1.92. The van der Waals surface area contributed by atoms with E-state index in [0.717, 1.165) is 19.3 Å². The first kappa shape index (κ1) is 14.8. The van der Waals surface area contributed by atoms with E-state index in [4.69, 9.17) is 4.74 Å². The van der Waals surface area contributed by atoms with Crippen LogP contribution in [0.2, 0.25) is 0 Å². The molecule has 2 aliphatic carbocycles. The third-order valence-electron chi connectivity index (χ3n) is 4.56. The van der Waals surface area contributed by atoms with E-state index in [2.05, 4.69) is 4.72 Å². The summed E-state index contributed by atoms with van der Waals surface area (Å²) in [4.78, 5) is 11.6. The summed E-state index contributed by atoms with van der Waals surface area (Å²) >= 11 is 0. The van der Waals surface area contributed by atoms with Gasteiger partial charge in [0.05, 0.1) is 18.3 Å². The van der Waals surface area contributed by atoms with E-state index in [1.165, 1.54) is 13.5 Å². The molecule has 0 aromatic rings. The van der Waals surface area contributed by atoms with Crippen molar-refractivity contribution in [3.63, 3.8) is 0 Å². The summed E-state index contributed by atoms with van der Waals surface area (Å²) in [7, 11) is -2.12. The maximum atomic E-state index is 12.4. The maximum Gasteiger partial charge on any atom is 0.310 e. The van der Waals surface area contributed by atoms with Crippen molar-refractivity contribution in [1.29, 1.82) is 0 Å². The van der Waals surface area contributed by atoms with Crippen molar-refractivity contribution in [2.24, 2.45) is 11.8 Å². The topological polar surface area (TPSA) is 72.5 Å². The highest BCUT2D eigenvalue weighted by Gasteiger charge is 2.43. The lowest BCUT2D eigenvalue weighted by Crippen LogP contribution is -2.46. The zero-order valence-corrected chi connectivity index (χ0v) is 12.4. The summed E-state index contributed by atoms with van der Waals surface area (Å²) in [6, 6.07) is -0.0300. The molecule has 110 valence electrons. The molecule has 2 saturated carbocycles.